The molecule has 3 rings (SSSR count). The third-order valence-electron chi connectivity index (χ3n) is 5.16. The van der Waals surface area contributed by atoms with E-state index in [2.05, 4.69) is 24.8 Å². The Hall–Kier alpha value is -0.630. The van der Waals surface area contributed by atoms with Gasteiger partial charge in [-0.3, -0.25) is 9.69 Å². The second kappa shape index (κ2) is 3.19. The van der Waals surface area contributed by atoms with Crippen molar-refractivity contribution in [3.05, 3.63) is 12.2 Å². The summed E-state index contributed by atoms with van der Waals surface area (Å²) in [4.78, 5) is 14.9. The quantitative estimate of drug-likeness (QED) is 0.711. The van der Waals surface area contributed by atoms with E-state index in [-0.39, 0.29) is 11.0 Å². The summed E-state index contributed by atoms with van der Waals surface area (Å²) in [5.74, 6) is 0.384. The number of carbonyl (C=O) groups excluding carboxylic acids is 1. The van der Waals surface area contributed by atoms with Crippen LogP contribution in [0.15, 0.2) is 12.2 Å². The highest BCUT2D eigenvalue weighted by molar-refractivity contribution is 6.00. The molecule has 1 saturated heterocycles. The van der Waals surface area contributed by atoms with E-state index >= 15 is 0 Å². The van der Waals surface area contributed by atoms with Gasteiger partial charge in [-0.15, -0.1) is 0 Å². The van der Waals surface area contributed by atoms with Gasteiger partial charge in [0.25, 0.3) is 0 Å². The molecule has 1 spiro atoms. The highest BCUT2D eigenvalue weighted by atomic mass is 16.1. The summed E-state index contributed by atoms with van der Waals surface area (Å²) in [5.41, 5.74) is 0.121. The molecule has 0 aromatic carbocycles. The lowest BCUT2D eigenvalue weighted by molar-refractivity contribution is -0.130. The number of rotatable bonds is 2. The smallest absolute Gasteiger partial charge is 0.176 e. The van der Waals surface area contributed by atoms with E-state index < -0.39 is 0 Å². The van der Waals surface area contributed by atoms with Gasteiger partial charge in [-0.2, -0.15) is 0 Å². The predicted molar refractivity (Wildman–Crippen MR) is 64.2 cm³/mol. The molecule has 0 aromatic heterocycles. The van der Waals surface area contributed by atoms with Crippen molar-refractivity contribution in [2.75, 3.05) is 6.54 Å². The van der Waals surface area contributed by atoms with Gasteiger partial charge in [0.05, 0.1) is 5.54 Å². The molecule has 1 saturated carbocycles. The summed E-state index contributed by atoms with van der Waals surface area (Å²) in [6.07, 6.45) is 9.90. The first-order valence-electron chi connectivity index (χ1n) is 6.63. The Morgan fingerprint density at radius 2 is 2.31 bits per heavy atom. The topological polar surface area (TPSA) is 20.3 Å². The summed E-state index contributed by atoms with van der Waals surface area (Å²) in [5, 5.41) is 0. The second-order valence-corrected chi connectivity index (χ2v) is 5.96. The van der Waals surface area contributed by atoms with Gasteiger partial charge in [0.2, 0.25) is 0 Å². The van der Waals surface area contributed by atoms with E-state index in [9.17, 15) is 4.79 Å². The van der Waals surface area contributed by atoms with Crippen LogP contribution in [0.25, 0.3) is 0 Å². The molecule has 0 aromatic rings. The molecular formula is C14H21NO. The average molecular weight is 219 g/mol. The van der Waals surface area contributed by atoms with Crippen LogP contribution in [0, 0.1) is 5.41 Å². The third kappa shape index (κ3) is 0.994. The van der Waals surface area contributed by atoms with Crippen LogP contribution in [0.5, 0.6) is 0 Å². The van der Waals surface area contributed by atoms with E-state index in [1.165, 1.54) is 19.3 Å². The molecule has 2 fully saturated rings. The normalized spacial score (nSPS) is 46.4. The Labute approximate surface area is 97.7 Å². The summed E-state index contributed by atoms with van der Waals surface area (Å²) < 4.78 is 0. The van der Waals surface area contributed by atoms with Gasteiger partial charge in [-0.1, -0.05) is 26.3 Å². The SMILES string of the molecule is CCCN1[C@@H]2C=CC(=O)[C@]13CCC[C@]3(C)C2. The largest absolute Gasteiger partial charge is 0.293 e. The van der Waals surface area contributed by atoms with E-state index in [0.29, 0.717) is 11.8 Å². The van der Waals surface area contributed by atoms with Crippen LogP contribution in [-0.2, 0) is 4.79 Å². The van der Waals surface area contributed by atoms with E-state index in [4.69, 9.17) is 0 Å². The zero-order valence-electron chi connectivity index (χ0n) is 10.3. The number of hydrogen-bond acceptors (Lipinski definition) is 2. The van der Waals surface area contributed by atoms with Gasteiger partial charge in [0, 0.05) is 6.04 Å². The van der Waals surface area contributed by atoms with E-state index in [1.54, 1.807) is 0 Å². The maximum absolute atomic E-state index is 12.4. The fourth-order valence-corrected chi connectivity index (χ4v) is 4.53. The van der Waals surface area contributed by atoms with Crippen LogP contribution in [0.4, 0.5) is 0 Å². The summed E-state index contributed by atoms with van der Waals surface area (Å²) in [6, 6.07) is 0.531. The first kappa shape index (κ1) is 10.5. The minimum absolute atomic E-state index is 0.123. The maximum Gasteiger partial charge on any atom is 0.176 e. The van der Waals surface area contributed by atoms with Crippen molar-refractivity contribution in [1.29, 1.82) is 0 Å². The van der Waals surface area contributed by atoms with Gasteiger partial charge in [0.15, 0.2) is 5.78 Å². The van der Waals surface area contributed by atoms with Crippen molar-refractivity contribution in [2.24, 2.45) is 5.41 Å². The zero-order chi connectivity index (χ0) is 11.4. The Kier molecular flexibility index (Phi) is 2.10. The van der Waals surface area contributed by atoms with E-state index in [0.717, 1.165) is 19.4 Å². The summed E-state index contributed by atoms with van der Waals surface area (Å²) in [7, 11) is 0. The molecule has 2 aliphatic heterocycles. The average Bonchev–Trinajstić information content (AvgIpc) is 2.64. The van der Waals surface area contributed by atoms with Gasteiger partial charge in [-0.05, 0) is 43.7 Å². The first-order valence-corrected chi connectivity index (χ1v) is 6.63. The zero-order valence-corrected chi connectivity index (χ0v) is 10.3. The van der Waals surface area contributed by atoms with Crippen LogP contribution in [0.2, 0.25) is 0 Å². The number of ketones is 1. The Morgan fingerprint density at radius 3 is 3.06 bits per heavy atom. The molecule has 88 valence electrons. The minimum Gasteiger partial charge on any atom is -0.293 e. The monoisotopic (exact) mass is 219 g/mol. The fourth-order valence-electron chi connectivity index (χ4n) is 4.53. The molecule has 0 unspecified atom stereocenters. The lowest BCUT2D eigenvalue weighted by Gasteiger charge is -2.44. The Bertz CT molecular complexity index is 362. The van der Waals surface area contributed by atoms with Crippen molar-refractivity contribution >= 4 is 5.78 Å². The predicted octanol–water partition coefficient (Wildman–Crippen LogP) is 2.54. The highest BCUT2D eigenvalue weighted by Gasteiger charge is 2.66. The summed E-state index contributed by atoms with van der Waals surface area (Å²) >= 11 is 0. The lowest BCUT2D eigenvalue weighted by atomic mass is 9.72. The number of carbonyl (C=O) groups is 1. The number of hydrogen-bond donors (Lipinski definition) is 0. The van der Waals surface area contributed by atoms with Crippen molar-refractivity contribution in [3.8, 4) is 0 Å². The number of nitrogens with zero attached hydrogens (tertiary/aromatic N) is 1. The van der Waals surface area contributed by atoms with Gasteiger partial charge < -0.3 is 0 Å². The first-order chi connectivity index (χ1) is 7.64. The third-order valence-corrected chi connectivity index (χ3v) is 5.16. The molecule has 3 aliphatic rings. The standard InChI is InChI=1S/C14H21NO/c1-3-9-15-11-5-6-12(16)14(15)8-4-7-13(14,2)10-11/h5-6,11H,3-4,7-10H2,1-2H3/t11-,13-,14+/m1/s1. The molecule has 2 bridgehead atoms. The molecule has 0 amide bonds. The van der Waals surface area contributed by atoms with Crippen molar-refractivity contribution in [2.45, 2.75) is 57.5 Å². The van der Waals surface area contributed by atoms with Crippen LogP contribution < -0.4 is 0 Å². The molecule has 2 heteroatoms. The molecule has 3 atom stereocenters. The molecule has 2 heterocycles. The molecular weight excluding hydrogens is 198 g/mol. The van der Waals surface area contributed by atoms with E-state index in [1.807, 2.05) is 6.08 Å². The minimum atomic E-state index is -0.123. The fraction of sp³-hybridized carbons (Fsp3) is 0.786. The van der Waals surface area contributed by atoms with Crippen LogP contribution in [0.1, 0.15) is 46.0 Å². The molecule has 16 heavy (non-hydrogen) atoms. The molecule has 2 nitrogen and oxygen atoms in total. The second-order valence-electron chi connectivity index (χ2n) is 5.96. The summed E-state index contributed by atoms with van der Waals surface area (Å²) in [6.45, 7) is 5.63. The Morgan fingerprint density at radius 1 is 1.50 bits per heavy atom. The van der Waals surface area contributed by atoms with Crippen LogP contribution in [0.3, 0.4) is 0 Å². The maximum atomic E-state index is 12.4. The van der Waals surface area contributed by atoms with Crippen LogP contribution >= 0.6 is 0 Å². The number of fused-ring (bicyclic) bond motifs is 1. The van der Waals surface area contributed by atoms with Crippen LogP contribution in [-0.4, -0.2) is 28.8 Å². The van der Waals surface area contributed by atoms with Gasteiger partial charge in [0.1, 0.15) is 0 Å². The van der Waals surface area contributed by atoms with Gasteiger partial charge >= 0.3 is 0 Å². The Balaban J connectivity index is 2.09. The lowest BCUT2D eigenvalue weighted by Crippen LogP contribution is -2.58. The highest BCUT2D eigenvalue weighted by Crippen LogP contribution is 2.60. The van der Waals surface area contributed by atoms with Crippen molar-refractivity contribution in [3.63, 3.8) is 0 Å². The molecule has 0 radical (unpaired) electrons. The van der Waals surface area contributed by atoms with Crippen molar-refractivity contribution < 1.29 is 4.79 Å². The molecule has 0 N–H and O–H groups in total. The van der Waals surface area contributed by atoms with Gasteiger partial charge in [-0.25, -0.2) is 0 Å². The molecule has 1 aliphatic carbocycles. The van der Waals surface area contributed by atoms with Crippen molar-refractivity contribution in [1.82, 2.24) is 4.90 Å².